The van der Waals surface area contributed by atoms with Gasteiger partial charge in [0.25, 0.3) is 5.91 Å². The summed E-state index contributed by atoms with van der Waals surface area (Å²) in [6.45, 7) is 0. The Labute approximate surface area is 228 Å². The van der Waals surface area contributed by atoms with Gasteiger partial charge in [-0.1, -0.05) is 60.7 Å². The van der Waals surface area contributed by atoms with Gasteiger partial charge in [0, 0.05) is 27.8 Å². The third-order valence-electron chi connectivity index (χ3n) is 6.78. The van der Waals surface area contributed by atoms with E-state index in [4.69, 9.17) is 4.74 Å². The summed E-state index contributed by atoms with van der Waals surface area (Å²) < 4.78 is 5.15. The fourth-order valence-electron chi connectivity index (χ4n) is 4.78. The maximum Gasteiger partial charge on any atom is 0.259 e. The number of anilines is 1. The summed E-state index contributed by atoms with van der Waals surface area (Å²) in [7, 11) is 1.55. The molecule has 0 saturated heterocycles. The molecule has 5 aromatic rings. The average Bonchev–Trinajstić information content (AvgIpc) is 2.99. The van der Waals surface area contributed by atoms with Gasteiger partial charge in [-0.15, -0.1) is 10.2 Å². The highest BCUT2D eigenvalue weighted by molar-refractivity contribution is 6.30. The van der Waals surface area contributed by atoms with Crippen LogP contribution in [0, 0.1) is 0 Å². The smallest absolute Gasteiger partial charge is 0.259 e. The molecule has 6 rings (SSSR count). The Morgan fingerprint density at radius 1 is 0.775 bits per heavy atom. The van der Waals surface area contributed by atoms with Crippen LogP contribution in [0.5, 0.6) is 11.5 Å². The summed E-state index contributed by atoms with van der Waals surface area (Å²) >= 11 is 0. The van der Waals surface area contributed by atoms with Crippen molar-refractivity contribution in [2.75, 3.05) is 12.4 Å². The molecule has 0 bridgehead atoms. The molecule has 8 heteroatoms. The third kappa shape index (κ3) is 4.17. The highest BCUT2D eigenvalue weighted by atomic mass is 16.5. The summed E-state index contributed by atoms with van der Waals surface area (Å²) in [6, 6.07) is 26.9. The van der Waals surface area contributed by atoms with Gasteiger partial charge < -0.3 is 15.2 Å². The molecule has 40 heavy (non-hydrogen) atoms. The van der Waals surface area contributed by atoms with Crippen LogP contribution in [0.4, 0.5) is 17.1 Å². The Morgan fingerprint density at radius 2 is 1.45 bits per heavy atom. The van der Waals surface area contributed by atoms with Crippen LogP contribution in [-0.2, 0) is 0 Å². The Morgan fingerprint density at radius 3 is 2.20 bits per heavy atom. The first-order chi connectivity index (χ1) is 19.5. The van der Waals surface area contributed by atoms with E-state index in [0.717, 1.165) is 0 Å². The Hall–Kier alpha value is -5.63. The normalized spacial score (nSPS) is 12.3. The van der Waals surface area contributed by atoms with Gasteiger partial charge >= 0.3 is 0 Å². The average molecular weight is 528 g/mol. The van der Waals surface area contributed by atoms with Gasteiger partial charge in [0.2, 0.25) is 0 Å². The molecule has 0 atom stereocenters. The highest BCUT2D eigenvalue weighted by Gasteiger charge is 2.31. The monoisotopic (exact) mass is 527 g/mol. The van der Waals surface area contributed by atoms with E-state index in [-0.39, 0.29) is 45.4 Å². The van der Waals surface area contributed by atoms with Gasteiger partial charge in [-0.3, -0.25) is 14.4 Å². The molecule has 0 unspecified atom stereocenters. The van der Waals surface area contributed by atoms with Crippen molar-refractivity contribution in [3.8, 4) is 11.5 Å². The van der Waals surface area contributed by atoms with E-state index in [2.05, 4.69) is 15.5 Å². The summed E-state index contributed by atoms with van der Waals surface area (Å²) in [5, 5.41) is 23.8. The van der Waals surface area contributed by atoms with E-state index in [1.807, 2.05) is 0 Å². The zero-order valence-corrected chi connectivity index (χ0v) is 21.2. The van der Waals surface area contributed by atoms with Crippen molar-refractivity contribution in [3.63, 3.8) is 0 Å². The van der Waals surface area contributed by atoms with E-state index in [1.54, 1.807) is 104 Å². The second-order valence-corrected chi connectivity index (χ2v) is 9.13. The molecule has 0 heterocycles. The Bertz CT molecular complexity index is 1880. The Kier molecular flexibility index (Phi) is 6.12. The van der Waals surface area contributed by atoms with Gasteiger partial charge in [0.15, 0.2) is 17.3 Å². The number of phenolic OH excluding ortho intramolecular Hbond substituents is 1. The van der Waals surface area contributed by atoms with E-state index >= 15 is 0 Å². The zero-order valence-electron chi connectivity index (χ0n) is 21.2. The van der Waals surface area contributed by atoms with Crippen LogP contribution < -0.4 is 10.1 Å². The number of carbonyl (C=O) groups is 3. The van der Waals surface area contributed by atoms with E-state index in [9.17, 15) is 19.5 Å². The second-order valence-electron chi connectivity index (χ2n) is 9.13. The summed E-state index contributed by atoms with van der Waals surface area (Å²) in [5.41, 5.74) is 1.78. The topological polar surface area (TPSA) is 117 Å². The molecule has 194 valence electrons. The number of rotatable bonds is 5. The molecule has 0 aromatic heterocycles. The van der Waals surface area contributed by atoms with E-state index < -0.39 is 5.91 Å². The molecule has 0 fully saturated rings. The third-order valence-corrected chi connectivity index (χ3v) is 6.78. The predicted molar refractivity (Wildman–Crippen MR) is 150 cm³/mol. The number of ketones is 2. The molecule has 0 radical (unpaired) electrons. The summed E-state index contributed by atoms with van der Waals surface area (Å²) in [6.07, 6.45) is 0. The second kappa shape index (κ2) is 9.92. The van der Waals surface area contributed by atoms with Gasteiger partial charge in [0.05, 0.1) is 23.9 Å². The molecular formula is C32H21N3O5. The van der Waals surface area contributed by atoms with Crippen LogP contribution >= 0.6 is 0 Å². The maximum atomic E-state index is 13.4. The summed E-state index contributed by atoms with van der Waals surface area (Å²) in [4.78, 5) is 39.6. The van der Waals surface area contributed by atoms with Crippen molar-refractivity contribution in [1.82, 2.24) is 0 Å². The predicted octanol–water partition coefficient (Wildman–Crippen LogP) is 7.00. The van der Waals surface area contributed by atoms with E-state index in [1.165, 1.54) is 0 Å². The first-order valence-corrected chi connectivity index (χ1v) is 12.4. The number of methoxy groups -OCH3 is 1. The van der Waals surface area contributed by atoms with Crippen LogP contribution in [0.1, 0.15) is 42.2 Å². The lowest BCUT2D eigenvalue weighted by molar-refractivity contribution is 0.0979. The van der Waals surface area contributed by atoms with Crippen LogP contribution in [0.3, 0.4) is 0 Å². The lowest BCUT2D eigenvalue weighted by Gasteiger charge is -2.18. The van der Waals surface area contributed by atoms with Crippen LogP contribution in [0.25, 0.3) is 10.8 Å². The Balaban J connectivity index is 1.42. The quantitative estimate of drug-likeness (QED) is 0.234. The number of aromatic hydroxyl groups is 1. The number of ether oxygens (including phenoxy) is 1. The van der Waals surface area contributed by atoms with Gasteiger partial charge in [-0.05, 0) is 41.8 Å². The molecule has 0 saturated carbocycles. The van der Waals surface area contributed by atoms with Crippen molar-refractivity contribution in [2.24, 2.45) is 10.2 Å². The minimum Gasteiger partial charge on any atom is -0.505 e. The lowest BCUT2D eigenvalue weighted by Crippen LogP contribution is -2.20. The minimum absolute atomic E-state index is 0.00117. The number of fused-ring (bicyclic) bond motifs is 3. The number of azo groups is 1. The van der Waals surface area contributed by atoms with Crippen LogP contribution in [-0.4, -0.2) is 29.7 Å². The van der Waals surface area contributed by atoms with Gasteiger partial charge in [-0.2, -0.15) is 0 Å². The van der Waals surface area contributed by atoms with Crippen molar-refractivity contribution < 1.29 is 24.2 Å². The largest absolute Gasteiger partial charge is 0.505 e. The molecule has 1 amide bonds. The number of nitrogens with one attached hydrogen (secondary N) is 1. The molecule has 0 spiro atoms. The molecular weight excluding hydrogens is 506 g/mol. The number of carbonyl (C=O) groups excluding carboxylic acids is 3. The first kappa shape index (κ1) is 24.7. The van der Waals surface area contributed by atoms with Crippen molar-refractivity contribution >= 4 is 45.3 Å². The maximum absolute atomic E-state index is 13.4. The number of phenols is 1. The van der Waals surface area contributed by atoms with Crippen LogP contribution in [0.2, 0.25) is 0 Å². The molecule has 2 N–H and O–H groups in total. The van der Waals surface area contributed by atoms with Gasteiger partial charge in [0.1, 0.15) is 11.4 Å². The summed E-state index contributed by atoms with van der Waals surface area (Å²) in [5.74, 6) is -0.874. The molecule has 0 aliphatic heterocycles. The number of hydrogen-bond acceptors (Lipinski definition) is 7. The van der Waals surface area contributed by atoms with Crippen LogP contribution in [0.15, 0.2) is 107 Å². The minimum atomic E-state index is -0.542. The molecule has 5 aromatic carbocycles. The fraction of sp³-hybridized carbons (Fsp3) is 0.0312. The molecule has 1 aliphatic carbocycles. The van der Waals surface area contributed by atoms with Gasteiger partial charge in [-0.25, -0.2) is 0 Å². The number of benzene rings is 5. The lowest BCUT2D eigenvalue weighted by atomic mass is 9.83. The fourth-order valence-corrected chi connectivity index (χ4v) is 4.78. The standard InChI is InChI=1S/C32H21N3O5/c1-40-20-15-13-19(14-16-20)33-32(39)25-17-18-7-2-3-8-21(18)28(31(25)38)35-34-26-12-6-11-24-27(26)30(37)23-10-5-4-9-22(23)29(24)36/h2-17,38H,1H3,(H,33,39). The van der Waals surface area contributed by atoms with Crippen molar-refractivity contribution in [2.45, 2.75) is 0 Å². The SMILES string of the molecule is COc1ccc(NC(=O)c2cc3ccccc3c(N=Nc3cccc4c3C(=O)c3ccccc3C4=O)c2O)cc1. The highest BCUT2D eigenvalue weighted by Crippen LogP contribution is 2.41. The molecule has 1 aliphatic rings. The van der Waals surface area contributed by atoms with Crippen molar-refractivity contribution in [1.29, 1.82) is 0 Å². The first-order valence-electron chi connectivity index (χ1n) is 12.4. The number of nitrogens with zero attached hydrogens (tertiary/aromatic N) is 2. The van der Waals surface area contributed by atoms with Crippen molar-refractivity contribution in [3.05, 3.63) is 125 Å². The zero-order chi connectivity index (χ0) is 27.8. The number of hydrogen-bond donors (Lipinski definition) is 2. The number of amides is 1. The van der Waals surface area contributed by atoms with E-state index in [0.29, 0.717) is 33.3 Å². The molecule has 8 nitrogen and oxygen atoms in total.